The molecule has 4 heteroatoms. The number of methoxy groups -OCH3 is 1. The number of likely N-dealkylation sites (tertiary alicyclic amines) is 1. The van der Waals surface area contributed by atoms with E-state index in [1.54, 1.807) is 7.11 Å². The van der Waals surface area contributed by atoms with E-state index in [0.29, 0.717) is 11.9 Å². The lowest BCUT2D eigenvalue weighted by Crippen LogP contribution is -2.55. The van der Waals surface area contributed by atoms with Gasteiger partial charge in [0.25, 0.3) is 0 Å². The summed E-state index contributed by atoms with van der Waals surface area (Å²) < 4.78 is 5.24. The van der Waals surface area contributed by atoms with Gasteiger partial charge < -0.3 is 15.0 Å². The molecular formula is C18H26N2O2. The largest absolute Gasteiger partial charge is 0.497 e. The van der Waals surface area contributed by atoms with Gasteiger partial charge in [-0.2, -0.15) is 0 Å². The Labute approximate surface area is 132 Å². The molecule has 3 rings (SSSR count). The molecular weight excluding hydrogens is 276 g/mol. The zero-order valence-electron chi connectivity index (χ0n) is 13.6. The van der Waals surface area contributed by atoms with Crippen LogP contribution >= 0.6 is 0 Å². The van der Waals surface area contributed by atoms with Gasteiger partial charge in [0.2, 0.25) is 5.91 Å². The van der Waals surface area contributed by atoms with Gasteiger partial charge in [-0.15, -0.1) is 0 Å². The van der Waals surface area contributed by atoms with Crippen LogP contribution in [0.25, 0.3) is 0 Å². The van der Waals surface area contributed by atoms with Crippen molar-refractivity contribution >= 4 is 5.91 Å². The highest BCUT2D eigenvalue weighted by molar-refractivity contribution is 5.89. The molecule has 1 saturated carbocycles. The molecule has 1 amide bonds. The Kier molecular flexibility index (Phi) is 4.39. The highest BCUT2D eigenvalue weighted by atomic mass is 16.5. The van der Waals surface area contributed by atoms with Gasteiger partial charge in [0.05, 0.1) is 12.5 Å². The van der Waals surface area contributed by atoms with E-state index in [4.69, 9.17) is 4.74 Å². The molecule has 22 heavy (non-hydrogen) atoms. The molecule has 4 nitrogen and oxygen atoms in total. The summed E-state index contributed by atoms with van der Waals surface area (Å²) in [5.74, 6) is 1.17. The summed E-state index contributed by atoms with van der Waals surface area (Å²) in [6, 6.07) is 8.50. The van der Waals surface area contributed by atoms with Crippen LogP contribution in [0.3, 0.4) is 0 Å². The van der Waals surface area contributed by atoms with Crippen LogP contribution in [0, 0.1) is 0 Å². The van der Waals surface area contributed by atoms with Crippen LogP contribution in [0.5, 0.6) is 5.75 Å². The number of likely N-dealkylation sites (N-methyl/N-ethyl adjacent to an activating group) is 1. The topological polar surface area (TPSA) is 41.6 Å². The molecule has 1 aliphatic heterocycles. The second kappa shape index (κ2) is 6.29. The molecule has 1 saturated heterocycles. The van der Waals surface area contributed by atoms with Crippen LogP contribution in [0.1, 0.15) is 37.7 Å². The minimum Gasteiger partial charge on any atom is -0.497 e. The van der Waals surface area contributed by atoms with Gasteiger partial charge in [-0.05, 0) is 50.4 Å². The van der Waals surface area contributed by atoms with Crippen LogP contribution < -0.4 is 10.1 Å². The Bertz CT molecular complexity index is 522. The average Bonchev–Trinajstić information content (AvgIpc) is 2.54. The fourth-order valence-corrected chi connectivity index (χ4v) is 3.77. The van der Waals surface area contributed by atoms with E-state index in [1.165, 1.54) is 0 Å². The molecule has 0 bridgehead atoms. The van der Waals surface area contributed by atoms with Crippen molar-refractivity contribution in [3.8, 4) is 5.75 Å². The molecule has 1 aliphatic carbocycles. The van der Waals surface area contributed by atoms with E-state index in [1.807, 2.05) is 19.2 Å². The Morgan fingerprint density at radius 2 is 2.00 bits per heavy atom. The first-order valence-corrected chi connectivity index (χ1v) is 8.31. The van der Waals surface area contributed by atoms with Crippen molar-refractivity contribution < 1.29 is 9.53 Å². The average molecular weight is 302 g/mol. The Morgan fingerprint density at radius 1 is 1.27 bits per heavy atom. The number of hydrogen-bond donors (Lipinski definition) is 1. The standard InChI is InChI=1S/C18H26N2O2/c1-19-15-5-3-12-20(13-15)17(21)18(10-4-11-18)14-6-8-16(22-2)9-7-14/h6-9,15,19H,3-5,10-13H2,1-2H3. The first-order chi connectivity index (χ1) is 10.7. The van der Waals surface area contributed by atoms with Crippen molar-refractivity contribution in [1.82, 2.24) is 10.2 Å². The summed E-state index contributed by atoms with van der Waals surface area (Å²) in [4.78, 5) is 15.3. The molecule has 2 fully saturated rings. The third kappa shape index (κ3) is 2.60. The maximum atomic E-state index is 13.2. The molecule has 0 spiro atoms. The second-order valence-corrected chi connectivity index (χ2v) is 6.54. The summed E-state index contributed by atoms with van der Waals surface area (Å²) in [6.45, 7) is 1.74. The lowest BCUT2D eigenvalue weighted by molar-refractivity contribution is -0.142. The molecule has 120 valence electrons. The van der Waals surface area contributed by atoms with Crippen LogP contribution in [-0.4, -0.2) is 44.1 Å². The number of rotatable bonds is 4. The number of benzene rings is 1. The normalized spacial score (nSPS) is 23.7. The number of piperidine rings is 1. The van der Waals surface area contributed by atoms with Gasteiger partial charge in [-0.25, -0.2) is 0 Å². The number of hydrogen-bond acceptors (Lipinski definition) is 3. The molecule has 2 aliphatic rings. The van der Waals surface area contributed by atoms with Crippen molar-refractivity contribution in [2.75, 3.05) is 27.2 Å². The third-order valence-corrected chi connectivity index (χ3v) is 5.38. The number of nitrogens with zero attached hydrogens (tertiary/aromatic N) is 1. The zero-order chi connectivity index (χ0) is 15.6. The van der Waals surface area contributed by atoms with Gasteiger partial charge in [-0.3, -0.25) is 4.79 Å². The predicted molar refractivity (Wildman–Crippen MR) is 87.2 cm³/mol. The van der Waals surface area contributed by atoms with Crippen LogP contribution in [-0.2, 0) is 10.2 Å². The molecule has 0 radical (unpaired) electrons. The summed E-state index contributed by atoms with van der Waals surface area (Å²) in [5, 5.41) is 3.32. The number of nitrogens with one attached hydrogen (secondary N) is 1. The fraction of sp³-hybridized carbons (Fsp3) is 0.611. The molecule has 1 aromatic carbocycles. The predicted octanol–water partition coefficient (Wildman–Crippen LogP) is 2.33. The lowest BCUT2D eigenvalue weighted by Gasteiger charge is -2.46. The summed E-state index contributed by atoms with van der Waals surface area (Å²) >= 11 is 0. The van der Waals surface area contributed by atoms with Gasteiger partial charge in [0.1, 0.15) is 5.75 Å². The maximum absolute atomic E-state index is 13.2. The molecule has 1 aromatic rings. The monoisotopic (exact) mass is 302 g/mol. The van der Waals surface area contributed by atoms with Crippen molar-refractivity contribution in [2.24, 2.45) is 0 Å². The van der Waals surface area contributed by atoms with Crippen LogP contribution in [0.4, 0.5) is 0 Å². The van der Waals surface area contributed by atoms with E-state index < -0.39 is 0 Å². The van der Waals surface area contributed by atoms with Gasteiger partial charge in [0.15, 0.2) is 0 Å². The molecule has 0 aromatic heterocycles. The zero-order valence-corrected chi connectivity index (χ0v) is 13.6. The minimum absolute atomic E-state index is 0.290. The smallest absolute Gasteiger partial charge is 0.233 e. The molecule has 1 unspecified atom stereocenters. The fourth-order valence-electron chi connectivity index (χ4n) is 3.77. The number of carbonyl (C=O) groups excluding carboxylic acids is 1. The van der Waals surface area contributed by atoms with Crippen molar-refractivity contribution in [2.45, 2.75) is 43.6 Å². The summed E-state index contributed by atoms with van der Waals surface area (Å²) in [5.41, 5.74) is 0.859. The van der Waals surface area contributed by atoms with Crippen LogP contribution in [0.2, 0.25) is 0 Å². The lowest BCUT2D eigenvalue weighted by atomic mass is 9.63. The van der Waals surface area contributed by atoms with Crippen molar-refractivity contribution in [1.29, 1.82) is 0 Å². The molecule has 1 N–H and O–H groups in total. The summed E-state index contributed by atoms with van der Waals surface area (Å²) in [7, 11) is 3.66. The first kappa shape index (κ1) is 15.3. The van der Waals surface area contributed by atoms with Crippen molar-refractivity contribution in [3.63, 3.8) is 0 Å². The quantitative estimate of drug-likeness (QED) is 0.928. The number of ether oxygens (including phenoxy) is 1. The van der Waals surface area contributed by atoms with E-state index >= 15 is 0 Å². The number of carbonyl (C=O) groups is 1. The molecule has 1 heterocycles. The highest BCUT2D eigenvalue weighted by Gasteiger charge is 2.48. The van der Waals surface area contributed by atoms with E-state index in [9.17, 15) is 4.79 Å². The first-order valence-electron chi connectivity index (χ1n) is 8.31. The van der Waals surface area contributed by atoms with Crippen LogP contribution in [0.15, 0.2) is 24.3 Å². The maximum Gasteiger partial charge on any atom is 0.233 e. The van der Waals surface area contributed by atoms with Crippen molar-refractivity contribution in [3.05, 3.63) is 29.8 Å². The van der Waals surface area contributed by atoms with Gasteiger partial charge in [-0.1, -0.05) is 18.6 Å². The SMILES string of the molecule is CNC1CCCN(C(=O)C2(c3ccc(OC)cc3)CCC2)C1. The van der Waals surface area contributed by atoms with Gasteiger partial charge in [0, 0.05) is 19.1 Å². The van der Waals surface area contributed by atoms with E-state index in [2.05, 4.69) is 22.3 Å². The highest BCUT2D eigenvalue weighted by Crippen LogP contribution is 2.45. The Hall–Kier alpha value is -1.55. The Balaban J connectivity index is 1.81. The summed E-state index contributed by atoms with van der Waals surface area (Å²) in [6.07, 6.45) is 5.34. The number of amides is 1. The third-order valence-electron chi connectivity index (χ3n) is 5.38. The van der Waals surface area contributed by atoms with E-state index in [0.717, 1.165) is 56.5 Å². The Morgan fingerprint density at radius 3 is 2.55 bits per heavy atom. The minimum atomic E-state index is -0.290. The second-order valence-electron chi connectivity index (χ2n) is 6.54. The molecule has 1 atom stereocenters. The van der Waals surface area contributed by atoms with Gasteiger partial charge >= 0.3 is 0 Å². The van der Waals surface area contributed by atoms with E-state index in [-0.39, 0.29) is 5.41 Å².